The summed E-state index contributed by atoms with van der Waals surface area (Å²) in [4.78, 5) is 17.0. The summed E-state index contributed by atoms with van der Waals surface area (Å²) >= 11 is 1.34. The summed E-state index contributed by atoms with van der Waals surface area (Å²) in [6.07, 6.45) is 1.66. The number of rotatable bonds is 2. The van der Waals surface area contributed by atoms with E-state index in [9.17, 15) is 4.79 Å². The van der Waals surface area contributed by atoms with Crippen molar-refractivity contribution in [1.82, 2.24) is 4.98 Å². The van der Waals surface area contributed by atoms with Gasteiger partial charge in [-0.2, -0.15) is 5.26 Å². The summed E-state index contributed by atoms with van der Waals surface area (Å²) in [5.41, 5.74) is -0.342. The van der Waals surface area contributed by atoms with E-state index >= 15 is 0 Å². The van der Waals surface area contributed by atoms with Crippen LogP contribution in [0.5, 0.6) is 0 Å². The predicted molar refractivity (Wildman–Crippen MR) is 59.7 cm³/mol. The Bertz CT molecular complexity index is 409. The van der Waals surface area contributed by atoms with Gasteiger partial charge in [-0.15, -0.1) is 11.3 Å². The largest absolute Gasteiger partial charge is 0.290 e. The zero-order valence-corrected chi connectivity index (χ0v) is 10.2. The molecule has 0 aliphatic rings. The van der Waals surface area contributed by atoms with Gasteiger partial charge < -0.3 is 0 Å². The van der Waals surface area contributed by atoms with Crippen molar-refractivity contribution in [1.29, 1.82) is 5.26 Å². The number of aryl methyl sites for hydroxylation is 1. The van der Waals surface area contributed by atoms with Crippen LogP contribution < -0.4 is 0 Å². The summed E-state index contributed by atoms with van der Waals surface area (Å²) < 4.78 is 0. The van der Waals surface area contributed by atoms with Crippen molar-refractivity contribution in [2.24, 2.45) is 11.3 Å². The Balaban J connectivity index is 2.99. The lowest BCUT2D eigenvalue weighted by Gasteiger charge is -2.22. The Morgan fingerprint density at radius 3 is 2.53 bits per heavy atom. The fraction of sp³-hybridized carbons (Fsp3) is 0.545. The van der Waals surface area contributed by atoms with Gasteiger partial charge in [-0.1, -0.05) is 20.8 Å². The van der Waals surface area contributed by atoms with E-state index in [2.05, 4.69) is 11.1 Å². The number of carbonyl (C=O) groups is 1. The summed E-state index contributed by atoms with van der Waals surface area (Å²) in [6, 6.07) is 2.07. The summed E-state index contributed by atoms with van der Waals surface area (Å²) in [5, 5.41) is 9.45. The van der Waals surface area contributed by atoms with Crippen LogP contribution in [0.25, 0.3) is 0 Å². The van der Waals surface area contributed by atoms with E-state index in [1.807, 2.05) is 27.7 Å². The monoisotopic (exact) mass is 222 g/mol. The molecule has 0 bridgehead atoms. The van der Waals surface area contributed by atoms with E-state index < -0.39 is 5.92 Å². The molecular weight excluding hydrogens is 208 g/mol. The molecule has 0 aliphatic carbocycles. The van der Waals surface area contributed by atoms with E-state index in [0.717, 1.165) is 4.88 Å². The number of carbonyl (C=O) groups excluding carboxylic acids is 1. The average molecular weight is 222 g/mol. The van der Waals surface area contributed by atoms with Crippen molar-refractivity contribution in [3.63, 3.8) is 0 Å². The van der Waals surface area contributed by atoms with Crippen LogP contribution in [-0.2, 0) is 0 Å². The van der Waals surface area contributed by atoms with Gasteiger partial charge in [0.2, 0.25) is 5.78 Å². The third-order valence-electron chi connectivity index (χ3n) is 2.09. The van der Waals surface area contributed by atoms with Gasteiger partial charge in [0.05, 0.1) is 6.07 Å². The molecule has 1 aromatic rings. The molecule has 80 valence electrons. The SMILES string of the molecule is Cc1cnc(C(=O)C(C#N)C(C)(C)C)s1. The molecule has 1 atom stereocenters. The molecule has 0 saturated heterocycles. The molecule has 0 spiro atoms. The Morgan fingerprint density at radius 2 is 2.20 bits per heavy atom. The quantitative estimate of drug-likeness (QED) is 0.723. The van der Waals surface area contributed by atoms with Gasteiger partial charge in [-0.3, -0.25) is 4.79 Å². The topological polar surface area (TPSA) is 53.8 Å². The first kappa shape index (κ1) is 11.9. The van der Waals surface area contributed by atoms with Crippen LogP contribution in [0.15, 0.2) is 6.20 Å². The minimum atomic E-state index is -0.622. The van der Waals surface area contributed by atoms with E-state index in [-0.39, 0.29) is 11.2 Å². The van der Waals surface area contributed by atoms with E-state index in [0.29, 0.717) is 5.01 Å². The zero-order valence-electron chi connectivity index (χ0n) is 9.37. The molecule has 0 saturated carbocycles. The van der Waals surface area contributed by atoms with Crippen molar-refractivity contribution in [3.8, 4) is 6.07 Å². The van der Waals surface area contributed by atoms with Gasteiger partial charge in [0, 0.05) is 11.1 Å². The van der Waals surface area contributed by atoms with E-state index in [4.69, 9.17) is 5.26 Å². The molecule has 0 aliphatic heterocycles. The van der Waals surface area contributed by atoms with Crippen LogP contribution in [0.1, 0.15) is 35.5 Å². The first-order valence-corrected chi connectivity index (χ1v) is 5.54. The van der Waals surface area contributed by atoms with Gasteiger partial charge in [0.15, 0.2) is 5.01 Å². The Kier molecular flexibility index (Phi) is 3.25. The van der Waals surface area contributed by atoms with E-state index in [1.165, 1.54) is 11.3 Å². The van der Waals surface area contributed by atoms with Crippen LogP contribution in [0.3, 0.4) is 0 Å². The maximum atomic E-state index is 12.0. The molecule has 15 heavy (non-hydrogen) atoms. The molecule has 1 aromatic heterocycles. The third-order valence-corrected chi connectivity index (χ3v) is 3.02. The number of nitriles is 1. The first-order valence-electron chi connectivity index (χ1n) is 4.72. The second-order valence-corrected chi connectivity index (χ2v) is 5.80. The molecule has 0 radical (unpaired) electrons. The van der Waals surface area contributed by atoms with Crippen molar-refractivity contribution < 1.29 is 4.79 Å². The van der Waals surface area contributed by atoms with Crippen molar-refractivity contribution in [2.75, 3.05) is 0 Å². The van der Waals surface area contributed by atoms with Crippen LogP contribution in [0.4, 0.5) is 0 Å². The van der Waals surface area contributed by atoms with Crippen molar-refractivity contribution in [3.05, 3.63) is 16.1 Å². The van der Waals surface area contributed by atoms with Gasteiger partial charge >= 0.3 is 0 Å². The summed E-state index contributed by atoms with van der Waals surface area (Å²) in [5.74, 6) is -0.786. The molecule has 4 heteroatoms. The average Bonchev–Trinajstić information content (AvgIpc) is 2.50. The number of thiazole rings is 1. The highest BCUT2D eigenvalue weighted by atomic mass is 32.1. The number of aromatic nitrogens is 1. The fourth-order valence-electron chi connectivity index (χ4n) is 1.24. The van der Waals surface area contributed by atoms with Gasteiger partial charge in [0.25, 0.3) is 0 Å². The lowest BCUT2D eigenvalue weighted by Crippen LogP contribution is -2.27. The molecule has 1 unspecified atom stereocenters. The van der Waals surface area contributed by atoms with Crippen molar-refractivity contribution >= 4 is 17.1 Å². The predicted octanol–water partition coefficient (Wildman–Crippen LogP) is 2.82. The molecule has 0 amide bonds. The standard InChI is InChI=1S/C11H14N2OS/c1-7-6-13-10(15-7)9(14)8(5-12)11(2,3)4/h6,8H,1-4H3. The Morgan fingerprint density at radius 1 is 1.60 bits per heavy atom. The second kappa shape index (κ2) is 4.11. The van der Waals surface area contributed by atoms with Crippen LogP contribution in [-0.4, -0.2) is 10.8 Å². The lowest BCUT2D eigenvalue weighted by molar-refractivity contribution is 0.0877. The highest BCUT2D eigenvalue weighted by Crippen LogP contribution is 2.29. The Labute approximate surface area is 93.8 Å². The maximum Gasteiger partial charge on any atom is 0.208 e. The maximum absolute atomic E-state index is 12.0. The number of hydrogen-bond acceptors (Lipinski definition) is 4. The minimum absolute atomic E-state index is 0.164. The smallest absolute Gasteiger partial charge is 0.208 e. The highest BCUT2D eigenvalue weighted by Gasteiger charge is 2.33. The molecule has 1 rings (SSSR count). The normalized spacial score (nSPS) is 13.3. The Hall–Kier alpha value is -1.21. The molecule has 0 N–H and O–H groups in total. The summed E-state index contributed by atoms with van der Waals surface area (Å²) in [7, 11) is 0. The molecule has 0 aromatic carbocycles. The van der Waals surface area contributed by atoms with Crippen LogP contribution in [0.2, 0.25) is 0 Å². The number of Topliss-reactive ketones (excluding diaryl/α,β-unsaturated/α-hetero) is 1. The highest BCUT2D eigenvalue weighted by molar-refractivity contribution is 7.13. The fourth-order valence-corrected chi connectivity index (χ4v) is 1.97. The van der Waals surface area contributed by atoms with E-state index in [1.54, 1.807) is 6.20 Å². The zero-order chi connectivity index (χ0) is 11.6. The summed E-state index contributed by atoms with van der Waals surface area (Å²) in [6.45, 7) is 7.56. The minimum Gasteiger partial charge on any atom is -0.290 e. The third kappa shape index (κ3) is 2.63. The second-order valence-electron chi connectivity index (χ2n) is 4.57. The molecule has 0 fully saturated rings. The first-order chi connectivity index (χ1) is 6.86. The van der Waals surface area contributed by atoms with Gasteiger partial charge in [-0.25, -0.2) is 4.98 Å². The molecule has 3 nitrogen and oxygen atoms in total. The van der Waals surface area contributed by atoms with Crippen LogP contribution in [0, 0.1) is 29.6 Å². The van der Waals surface area contributed by atoms with Gasteiger partial charge in [0.1, 0.15) is 5.92 Å². The number of nitrogens with zero attached hydrogens (tertiary/aromatic N) is 2. The molecule has 1 heterocycles. The number of hydrogen-bond donors (Lipinski definition) is 0. The van der Waals surface area contributed by atoms with Gasteiger partial charge in [-0.05, 0) is 12.3 Å². The van der Waals surface area contributed by atoms with Crippen molar-refractivity contribution in [2.45, 2.75) is 27.7 Å². The molecular formula is C11H14N2OS. The van der Waals surface area contributed by atoms with Crippen LogP contribution >= 0.6 is 11.3 Å². The lowest BCUT2D eigenvalue weighted by atomic mass is 9.79. The number of ketones is 1.